The highest BCUT2D eigenvalue weighted by Crippen LogP contribution is 2.20. The highest BCUT2D eigenvalue weighted by molar-refractivity contribution is 5.76. The van der Waals surface area contributed by atoms with Crippen LogP contribution in [0.3, 0.4) is 0 Å². The molecule has 1 aromatic carbocycles. The molecule has 1 amide bonds. The van der Waals surface area contributed by atoms with Crippen LogP contribution in [0.2, 0.25) is 0 Å². The summed E-state index contributed by atoms with van der Waals surface area (Å²) >= 11 is 0. The summed E-state index contributed by atoms with van der Waals surface area (Å²) < 4.78 is 12.5. The molecule has 0 bridgehead atoms. The van der Waals surface area contributed by atoms with Crippen molar-refractivity contribution in [2.45, 2.75) is 39.3 Å². The zero-order valence-electron chi connectivity index (χ0n) is 15.5. The highest BCUT2D eigenvalue weighted by Gasteiger charge is 2.13. The van der Waals surface area contributed by atoms with Crippen LogP contribution in [-0.4, -0.2) is 38.5 Å². The molecule has 1 unspecified atom stereocenters. The molecule has 0 saturated heterocycles. The molecule has 0 fully saturated rings. The maximum absolute atomic E-state index is 12.1. The summed E-state index contributed by atoms with van der Waals surface area (Å²) in [7, 11) is 0. The number of aryl methyl sites for hydroxylation is 1. The minimum absolute atomic E-state index is 0.0144. The second kappa shape index (κ2) is 8.98. The van der Waals surface area contributed by atoms with E-state index in [-0.39, 0.29) is 18.4 Å². The molecular formula is C19H23N5O3. The Balaban J connectivity index is 1.48. The molecule has 2 aromatic heterocycles. The van der Waals surface area contributed by atoms with Gasteiger partial charge in [-0.3, -0.25) is 9.48 Å². The highest BCUT2D eigenvalue weighted by atomic mass is 16.5. The summed E-state index contributed by atoms with van der Waals surface area (Å²) in [6, 6.07) is 9.32. The molecule has 0 aliphatic carbocycles. The number of benzene rings is 1. The molecule has 1 N–H and O–H groups in total. The summed E-state index contributed by atoms with van der Waals surface area (Å²) in [6.07, 6.45) is 4.26. The van der Waals surface area contributed by atoms with Gasteiger partial charge in [0, 0.05) is 36.8 Å². The van der Waals surface area contributed by atoms with Crippen molar-refractivity contribution in [1.82, 2.24) is 25.2 Å². The van der Waals surface area contributed by atoms with Crippen molar-refractivity contribution in [2.75, 3.05) is 6.61 Å². The van der Waals surface area contributed by atoms with Crippen LogP contribution in [0.25, 0.3) is 11.4 Å². The van der Waals surface area contributed by atoms with Crippen molar-refractivity contribution < 1.29 is 14.1 Å². The Morgan fingerprint density at radius 2 is 2.15 bits per heavy atom. The van der Waals surface area contributed by atoms with Gasteiger partial charge >= 0.3 is 0 Å². The summed E-state index contributed by atoms with van der Waals surface area (Å²) in [5.74, 6) is 1.68. The van der Waals surface area contributed by atoms with Gasteiger partial charge in [0.25, 0.3) is 0 Å². The lowest BCUT2D eigenvalue weighted by molar-refractivity contribution is -0.121. The number of ether oxygens (including phenoxy) is 1. The number of aromatic nitrogens is 4. The van der Waals surface area contributed by atoms with Gasteiger partial charge in [0.1, 0.15) is 5.75 Å². The first-order chi connectivity index (χ1) is 13.1. The van der Waals surface area contributed by atoms with Crippen molar-refractivity contribution in [3.05, 3.63) is 48.6 Å². The van der Waals surface area contributed by atoms with E-state index < -0.39 is 0 Å². The molecule has 27 heavy (non-hydrogen) atoms. The molecule has 3 rings (SSSR count). The van der Waals surface area contributed by atoms with E-state index in [2.05, 4.69) is 20.6 Å². The first-order valence-electron chi connectivity index (χ1n) is 8.96. The zero-order chi connectivity index (χ0) is 19.1. The fourth-order valence-electron chi connectivity index (χ4n) is 2.64. The van der Waals surface area contributed by atoms with Gasteiger partial charge < -0.3 is 14.6 Å². The van der Waals surface area contributed by atoms with E-state index in [1.165, 1.54) is 0 Å². The molecule has 0 aliphatic heterocycles. The van der Waals surface area contributed by atoms with E-state index in [1.54, 1.807) is 10.9 Å². The quantitative estimate of drug-likeness (QED) is 0.623. The van der Waals surface area contributed by atoms with Crippen molar-refractivity contribution in [3.63, 3.8) is 0 Å². The fourth-order valence-corrected chi connectivity index (χ4v) is 2.64. The summed E-state index contributed by atoms with van der Waals surface area (Å²) in [5.41, 5.74) is 0.839. The van der Waals surface area contributed by atoms with E-state index >= 15 is 0 Å². The third-order valence-electron chi connectivity index (χ3n) is 3.89. The van der Waals surface area contributed by atoms with Crippen LogP contribution in [0.1, 0.15) is 26.2 Å². The van der Waals surface area contributed by atoms with Crippen LogP contribution >= 0.6 is 0 Å². The van der Waals surface area contributed by atoms with Crippen LogP contribution in [0.15, 0.2) is 47.2 Å². The third kappa shape index (κ3) is 5.40. The number of carbonyl (C=O) groups excluding carboxylic acids is 1. The van der Waals surface area contributed by atoms with E-state index in [1.807, 2.05) is 50.4 Å². The Morgan fingerprint density at radius 3 is 2.85 bits per heavy atom. The Kier molecular flexibility index (Phi) is 6.19. The number of carbonyl (C=O) groups is 1. The monoisotopic (exact) mass is 369 g/mol. The predicted molar refractivity (Wildman–Crippen MR) is 99.1 cm³/mol. The number of hydrogen-bond donors (Lipinski definition) is 1. The second-order valence-corrected chi connectivity index (χ2v) is 6.17. The minimum Gasteiger partial charge on any atom is -0.494 e. The normalized spacial score (nSPS) is 11.9. The van der Waals surface area contributed by atoms with Crippen LogP contribution < -0.4 is 10.1 Å². The molecule has 0 saturated carbocycles. The van der Waals surface area contributed by atoms with Crippen molar-refractivity contribution in [2.24, 2.45) is 0 Å². The van der Waals surface area contributed by atoms with Gasteiger partial charge in [-0.2, -0.15) is 10.1 Å². The van der Waals surface area contributed by atoms with Crippen LogP contribution in [-0.2, 0) is 17.8 Å². The Hall–Kier alpha value is -3.16. The maximum Gasteiger partial charge on any atom is 0.227 e. The molecular weight excluding hydrogens is 346 g/mol. The average Bonchev–Trinajstić information content (AvgIpc) is 3.33. The van der Waals surface area contributed by atoms with Crippen LogP contribution in [0.5, 0.6) is 5.75 Å². The maximum atomic E-state index is 12.1. The van der Waals surface area contributed by atoms with Gasteiger partial charge in [0.05, 0.1) is 13.2 Å². The largest absolute Gasteiger partial charge is 0.494 e. The Bertz CT molecular complexity index is 843. The van der Waals surface area contributed by atoms with Crippen molar-refractivity contribution in [1.29, 1.82) is 0 Å². The molecule has 0 spiro atoms. The fraction of sp³-hybridized carbons (Fsp3) is 0.368. The number of amides is 1. The zero-order valence-corrected chi connectivity index (χ0v) is 15.5. The predicted octanol–water partition coefficient (Wildman–Crippen LogP) is 2.47. The Morgan fingerprint density at radius 1 is 1.33 bits per heavy atom. The number of nitrogens with zero attached hydrogens (tertiary/aromatic N) is 4. The Labute approximate surface area is 157 Å². The smallest absolute Gasteiger partial charge is 0.227 e. The first kappa shape index (κ1) is 18.6. The molecule has 8 heteroatoms. The van der Waals surface area contributed by atoms with E-state index in [4.69, 9.17) is 9.26 Å². The summed E-state index contributed by atoms with van der Waals surface area (Å²) in [4.78, 5) is 16.4. The first-order valence-corrected chi connectivity index (χ1v) is 8.96. The van der Waals surface area contributed by atoms with Gasteiger partial charge in [-0.1, -0.05) is 5.16 Å². The van der Waals surface area contributed by atoms with Crippen molar-refractivity contribution in [3.8, 4) is 17.1 Å². The summed E-state index contributed by atoms with van der Waals surface area (Å²) in [5, 5.41) is 11.1. The van der Waals surface area contributed by atoms with Crippen molar-refractivity contribution >= 4 is 5.91 Å². The lowest BCUT2D eigenvalue weighted by Crippen LogP contribution is -2.35. The minimum atomic E-state index is -0.0597. The van der Waals surface area contributed by atoms with Gasteiger partial charge in [-0.05, 0) is 44.2 Å². The van der Waals surface area contributed by atoms with E-state index in [9.17, 15) is 4.79 Å². The number of hydrogen-bond acceptors (Lipinski definition) is 6. The standard InChI is InChI=1S/C19H23N5O3/c1-3-26-16-7-5-15(6-8-16)19-22-18(27-23-19)10-9-17(25)21-14(2)13-24-12-4-11-20-24/h4-8,11-12,14H,3,9-10,13H2,1-2H3,(H,21,25). The molecule has 3 aromatic rings. The molecule has 0 aliphatic rings. The molecule has 2 heterocycles. The molecule has 8 nitrogen and oxygen atoms in total. The second-order valence-electron chi connectivity index (χ2n) is 6.17. The molecule has 142 valence electrons. The lowest BCUT2D eigenvalue weighted by atomic mass is 10.2. The molecule has 1 atom stereocenters. The van der Waals surface area contributed by atoms with Gasteiger partial charge in [-0.15, -0.1) is 0 Å². The van der Waals surface area contributed by atoms with Gasteiger partial charge in [0.2, 0.25) is 17.6 Å². The van der Waals surface area contributed by atoms with E-state index in [0.717, 1.165) is 11.3 Å². The topological polar surface area (TPSA) is 95.1 Å². The van der Waals surface area contributed by atoms with Crippen LogP contribution in [0.4, 0.5) is 0 Å². The number of nitrogens with one attached hydrogen (secondary N) is 1. The van der Waals surface area contributed by atoms with E-state index in [0.29, 0.717) is 31.3 Å². The number of rotatable bonds is 9. The molecule has 0 radical (unpaired) electrons. The average molecular weight is 369 g/mol. The summed E-state index contributed by atoms with van der Waals surface area (Å²) in [6.45, 7) is 5.12. The van der Waals surface area contributed by atoms with Crippen LogP contribution in [0, 0.1) is 0 Å². The van der Waals surface area contributed by atoms with Gasteiger partial charge in [0.15, 0.2) is 0 Å². The van der Waals surface area contributed by atoms with Gasteiger partial charge in [-0.25, -0.2) is 0 Å². The third-order valence-corrected chi connectivity index (χ3v) is 3.89. The SMILES string of the molecule is CCOc1ccc(-c2noc(CCC(=O)NC(C)Cn3cccn3)n2)cc1. The lowest BCUT2D eigenvalue weighted by Gasteiger charge is -2.13.